The lowest BCUT2D eigenvalue weighted by Gasteiger charge is -2.00. The van der Waals surface area contributed by atoms with Gasteiger partial charge in [0.2, 0.25) is 0 Å². The van der Waals surface area contributed by atoms with Gasteiger partial charge in [0, 0.05) is 10.5 Å². The largest absolute Gasteiger partial charge is 0.227 e. The molecule has 0 aliphatic carbocycles. The second-order valence-corrected chi connectivity index (χ2v) is 6.48. The van der Waals surface area contributed by atoms with Crippen molar-refractivity contribution >= 4 is 17.4 Å². The van der Waals surface area contributed by atoms with Crippen molar-refractivity contribution in [3.05, 3.63) is 78.5 Å². The molecule has 0 unspecified atom stereocenters. The summed E-state index contributed by atoms with van der Waals surface area (Å²) in [6, 6.07) is 22.7. The zero-order chi connectivity index (χ0) is 15.6. The van der Waals surface area contributed by atoms with Gasteiger partial charge in [-0.25, -0.2) is 9.50 Å². The molecule has 0 bridgehead atoms. The highest BCUT2D eigenvalue weighted by atomic mass is 32.2. The van der Waals surface area contributed by atoms with Crippen molar-refractivity contribution in [2.75, 3.05) is 0 Å². The van der Waals surface area contributed by atoms with E-state index >= 15 is 0 Å². The Kier molecular flexibility index (Phi) is 3.60. The van der Waals surface area contributed by atoms with Gasteiger partial charge in [-0.3, -0.25) is 0 Å². The molecule has 0 spiro atoms. The van der Waals surface area contributed by atoms with Gasteiger partial charge in [-0.1, -0.05) is 59.8 Å². The minimum absolute atomic E-state index is 0.859. The third-order valence-corrected chi connectivity index (χ3v) is 4.54. The van der Waals surface area contributed by atoms with Crippen molar-refractivity contribution < 1.29 is 0 Å². The average molecular weight is 317 g/mol. The van der Waals surface area contributed by atoms with Gasteiger partial charge < -0.3 is 0 Å². The van der Waals surface area contributed by atoms with E-state index in [0.717, 1.165) is 21.9 Å². The molecule has 3 nitrogen and oxygen atoms in total. The van der Waals surface area contributed by atoms with Crippen LogP contribution in [0.3, 0.4) is 0 Å². The monoisotopic (exact) mass is 317 g/mol. The maximum atomic E-state index is 4.65. The molecule has 23 heavy (non-hydrogen) atoms. The standard InChI is InChI=1S/C19H15N3S/c1-14-7-9-15(10-8-14)17-13-22-18(20-17)11-12-19(21-22)23-16-5-3-2-4-6-16/h2-13H,1H3. The minimum atomic E-state index is 0.859. The maximum Gasteiger partial charge on any atom is 0.154 e. The Labute approximate surface area is 139 Å². The molecule has 0 amide bonds. The molecule has 0 fully saturated rings. The van der Waals surface area contributed by atoms with E-state index in [2.05, 4.69) is 53.4 Å². The van der Waals surface area contributed by atoms with Gasteiger partial charge in [-0.2, -0.15) is 5.10 Å². The van der Waals surface area contributed by atoms with Crippen LogP contribution in [0, 0.1) is 6.92 Å². The molecule has 0 aliphatic heterocycles. The van der Waals surface area contributed by atoms with Crippen LogP contribution in [0.5, 0.6) is 0 Å². The first kappa shape index (κ1) is 14.0. The third kappa shape index (κ3) is 2.98. The zero-order valence-corrected chi connectivity index (χ0v) is 13.5. The van der Waals surface area contributed by atoms with Crippen molar-refractivity contribution in [3.63, 3.8) is 0 Å². The fourth-order valence-electron chi connectivity index (χ4n) is 2.39. The molecular formula is C19H15N3S. The molecular weight excluding hydrogens is 302 g/mol. The highest BCUT2D eigenvalue weighted by molar-refractivity contribution is 7.99. The van der Waals surface area contributed by atoms with E-state index in [9.17, 15) is 0 Å². The van der Waals surface area contributed by atoms with E-state index in [1.165, 1.54) is 10.5 Å². The highest BCUT2D eigenvalue weighted by Gasteiger charge is 2.06. The molecule has 0 atom stereocenters. The van der Waals surface area contributed by atoms with Crippen LogP contribution in [-0.4, -0.2) is 14.6 Å². The maximum absolute atomic E-state index is 4.65. The van der Waals surface area contributed by atoms with E-state index in [1.54, 1.807) is 11.8 Å². The molecule has 2 aromatic carbocycles. The number of aryl methyl sites for hydroxylation is 1. The molecule has 0 aliphatic rings. The van der Waals surface area contributed by atoms with Crippen LogP contribution in [0.2, 0.25) is 0 Å². The normalized spacial score (nSPS) is 11.0. The Hall–Kier alpha value is -2.59. The lowest BCUT2D eigenvalue weighted by Crippen LogP contribution is -1.91. The quantitative estimate of drug-likeness (QED) is 0.541. The Bertz CT molecular complexity index is 943. The number of rotatable bonds is 3. The Morgan fingerprint density at radius 2 is 1.65 bits per heavy atom. The predicted molar refractivity (Wildman–Crippen MR) is 93.7 cm³/mol. The molecule has 4 heteroatoms. The van der Waals surface area contributed by atoms with Crippen molar-refractivity contribution in [1.29, 1.82) is 0 Å². The molecule has 0 saturated carbocycles. The number of aromatic nitrogens is 3. The molecule has 112 valence electrons. The summed E-state index contributed by atoms with van der Waals surface area (Å²) in [6.07, 6.45) is 1.98. The lowest BCUT2D eigenvalue weighted by molar-refractivity contribution is 0.859. The van der Waals surface area contributed by atoms with E-state index in [1.807, 2.05) is 41.0 Å². The molecule has 2 heterocycles. The van der Waals surface area contributed by atoms with Crippen LogP contribution in [-0.2, 0) is 0 Å². The average Bonchev–Trinajstić information content (AvgIpc) is 3.00. The van der Waals surface area contributed by atoms with Gasteiger partial charge in [0.1, 0.15) is 5.03 Å². The summed E-state index contributed by atoms with van der Waals surface area (Å²) in [4.78, 5) is 5.83. The van der Waals surface area contributed by atoms with Gasteiger partial charge in [0.25, 0.3) is 0 Å². The van der Waals surface area contributed by atoms with E-state index in [-0.39, 0.29) is 0 Å². The van der Waals surface area contributed by atoms with E-state index in [0.29, 0.717) is 0 Å². The highest BCUT2D eigenvalue weighted by Crippen LogP contribution is 2.26. The number of hydrogen-bond acceptors (Lipinski definition) is 3. The van der Waals surface area contributed by atoms with Crippen LogP contribution in [0.25, 0.3) is 16.9 Å². The van der Waals surface area contributed by atoms with Crippen molar-refractivity contribution in [1.82, 2.24) is 14.6 Å². The second kappa shape index (κ2) is 5.89. The molecule has 0 radical (unpaired) electrons. The third-order valence-electron chi connectivity index (χ3n) is 3.61. The van der Waals surface area contributed by atoms with Crippen LogP contribution < -0.4 is 0 Å². The number of hydrogen-bond donors (Lipinski definition) is 0. The van der Waals surface area contributed by atoms with Gasteiger partial charge in [-0.05, 0) is 31.2 Å². The fraction of sp³-hybridized carbons (Fsp3) is 0.0526. The summed E-state index contributed by atoms with van der Waals surface area (Å²) in [7, 11) is 0. The summed E-state index contributed by atoms with van der Waals surface area (Å²) in [6.45, 7) is 2.09. The van der Waals surface area contributed by atoms with Gasteiger partial charge in [0.05, 0.1) is 11.9 Å². The van der Waals surface area contributed by atoms with Crippen molar-refractivity contribution in [2.24, 2.45) is 0 Å². The first-order valence-corrected chi connectivity index (χ1v) is 8.26. The Morgan fingerprint density at radius 3 is 2.43 bits per heavy atom. The topological polar surface area (TPSA) is 30.2 Å². The molecule has 2 aromatic heterocycles. The summed E-state index contributed by atoms with van der Waals surface area (Å²) >= 11 is 1.65. The van der Waals surface area contributed by atoms with E-state index < -0.39 is 0 Å². The molecule has 4 rings (SSSR count). The lowest BCUT2D eigenvalue weighted by atomic mass is 10.1. The smallest absolute Gasteiger partial charge is 0.154 e. The number of imidazole rings is 1. The molecule has 0 N–H and O–H groups in total. The summed E-state index contributed by atoms with van der Waals surface area (Å²) in [5, 5.41) is 5.61. The van der Waals surface area contributed by atoms with Crippen LogP contribution in [0.15, 0.2) is 82.8 Å². The number of fused-ring (bicyclic) bond motifs is 1. The van der Waals surface area contributed by atoms with Crippen LogP contribution >= 0.6 is 11.8 Å². The van der Waals surface area contributed by atoms with Crippen molar-refractivity contribution in [2.45, 2.75) is 16.8 Å². The SMILES string of the molecule is Cc1ccc(-c2cn3nc(Sc4ccccc4)ccc3n2)cc1. The van der Waals surface area contributed by atoms with E-state index in [4.69, 9.17) is 0 Å². The van der Waals surface area contributed by atoms with Gasteiger partial charge in [-0.15, -0.1) is 0 Å². The first-order valence-electron chi connectivity index (χ1n) is 7.44. The summed E-state index contributed by atoms with van der Waals surface area (Å²) in [5.74, 6) is 0. The van der Waals surface area contributed by atoms with Gasteiger partial charge >= 0.3 is 0 Å². The number of benzene rings is 2. The molecule has 4 aromatic rings. The Morgan fingerprint density at radius 1 is 0.870 bits per heavy atom. The summed E-state index contributed by atoms with van der Waals surface area (Å²) in [5.41, 5.74) is 4.16. The predicted octanol–water partition coefficient (Wildman–Crippen LogP) is 4.86. The van der Waals surface area contributed by atoms with Gasteiger partial charge in [0.15, 0.2) is 5.65 Å². The second-order valence-electron chi connectivity index (χ2n) is 5.38. The zero-order valence-electron chi connectivity index (χ0n) is 12.7. The fourth-order valence-corrected chi connectivity index (χ4v) is 3.19. The van der Waals surface area contributed by atoms with Crippen LogP contribution in [0.1, 0.15) is 5.56 Å². The van der Waals surface area contributed by atoms with Crippen molar-refractivity contribution in [3.8, 4) is 11.3 Å². The minimum Gasteiger partial charge on any atom is -0.227 e. The Balaban J connectivity index is 1.68. The molecule has 0 saturated heterocycles. The number of nitrogens with zero attached hydrogens (tertiary/aromatic N) is 3. The summed E-state index contributed by atoms with van der Waals surface area (Å²) < 4.78 is 1.85. The van der Waals surface area contributed by atoms with Crippen LogP contribution in [0.4, 0.5) is 0 Å². The first-order chi connectivity index (χ1) is 11.3.